The number of hydrogen-bond donors (Lipinski definition) is 1. The maximum absolute atomic E-state index is 10.6. The largest absolute Gasteiger partial charge is 0.481 e. The second-order valence-electron chi connectivity index (χ2n) is 5.55. The summed E-state index contributed by atoms with van der Waals surface area (Å²) < 4.78 is 1.99. The van der Waals surface area contributed by atoms with Gasteiger partial charge in [-0.15, -0.1) is 0 Å². The number of hydrogen-bond acceptors (Lipinski definition) is 3. The van der Waals surface area contributed by atoms with Crippen LogP contribution in [0.15, 0.2) is 30.3 Å². The first kappa shape index (κ1) is 15.1. The average molecular weight is 320 g/mol. The molecule has 6 heteroatoms. The lowest BCUT2D eigenvalue weighted by atomic mass is 10.2. The summed E-state index contributed by atoms with van der Waals surface area (Å²) in [7, 11) is 0. The van der Waals surface area contributed by atoms with Crippen molar-refractivity contribution in [3.05, 3.63) is 52.3 Å². The van der Waals surface area contributed by atoms with Gasteiger partial charge >= 0.3 is 5.97 Å². The van der Waals surface area contributed by atoms with Crippen molar-refractivity contribution in [3.63, 3.8) is 0 Å². The highest BCUT2D eigenvalue weighted by Gasteiger charge is 2.19. The fourth-order valence-corrected chi connectivity index (χ4v) is 2.94. The number of aromatic nitrogens is 2. The summed E-state index contributed by atoms with van der Waals surface area (Å²) in [5, 5.41) is 14.0. The Labute approximate surface area is 134 Å². The van der Waals surface area contributed by atoms with Crippen molar-refractivity contribution in [3.8, 4) is 0 Å². The van der Waals surface area contributed by atoms with E-state index in [1.165, 1.54) is 0 Å². The summed E-state index contributed by atoms with van der Waals surface area (Å²) in [6.07, 6.45) is 0.611. The zero-order chi connectivity index (χ0) is 15.5. The number of carbonyl (C=O) groups is 1. The quantitative estimate of drug-likeness (QED) is 0.920. The summed E-state index contributed by atoms with van der Waals surface area (Å²) in [6, 6.07) is 9.91. The maximum Gasteiger partial charge on any atom is 0.303 e. The predicted molar refractivity (Wildman–Crippen MR) is 83.7 cm³/mol. The highest BCUT2D eigenvalue weighted by Crippen LogP contribution is 2.21. The van der Waals surface area contributed by atoms with Crippen molar-refractivity contribution in [2.24, 2.45) is 0 Å². The van der Waals surface area contributed by atoms with Crippen molar-refractivity contribution in [2.45, 2.75) is 32.5 Å². The Morgan fingerprint density at radius 1 is 1.32 bits per heavy atom. The third-order valence-electron chi connectivity index (χ3n) is 3.87. The number of halogens is 1. The summed E-state index contributed by atoms with van der Waals surface area (Å²) in [5.74, 6) is -0.786. The maximum atomic E-state index is 10.6. The molecule has 0 fully saturated rings. The Bertz CT molecular complexity index is 684. The van der Waals surface area contributed by atoms with Gasteiger partial charge in [-0.05, 0) is 17.7 Å². The van der Waals surface area contributed by atoms with Gasteiger partial charge in [0.1, 0.15) is 0 Å². The number of carboxylic acid groups (broad SMARTS) is 1. The van der Waals surface area contributed by atoms with E-state index in [1.54, 1.807) is 0 Å². The van der Waals surface area contributed by atoms with E-state index in [9.17, 15) is 4.79 Å². The Morgan fingerprint density at radius 3 is 2.91 bits per heavy atom. The number of fused-ring (bicyclic) bond motifs is 1. The standard InChI is InChI=1S/C16H18ClN3O2/c17-15-4-2-1-3-12(15)10-19-7-8-20-14(11-19)9-13(18-20)5-6-16(21)22/h1-4,9H,5-8,10-11H2,(H,21,22). The zero-order valence-electron chi connectivity index (χ0n) is 12.2. The molecule has 0 saturated carbocycles. The van der Waals surface area contributed by atoms with Crippen LogP contribution in [0.25, 0.3) is 0 Å². The Morgan fingerprint density at radius 2 is 2.14 bits per heavy atom. The fraction of sp³-hybridized carbons (Fsp3) is 0.375. The molecular weight excluding hydrogens is 302 g/mol. The molecule has 0 aliphatic carbocycles. The van der Waals surface area contributed by atoms with Crippen molar-refractivity contribution >= 4 is 17.6 Å². The van der Waals surface area contributed by atoms with Crippen LogP contribution in [0.1, 0.15) is 23.4 Å². The van der Waals surface area contributed by atoms with Gasteiger partial charge < -0.3 is 5.11 Å². The molecular formula is C16H18ClN3O2. The van der Waals surface area contributed by atoms with E-state index in [2.05, 4.69) is 10.00 Å². The molecule has 5 nitrogen and oxygen atoms in total. The first-order valence-corrected chi connectivity index (χ1v) is 7.73. The normalized spacial score (nSPS) is 14.8. The van der Waals surface area contributed by atoms with Gasteiger partial charge in [-0.1, -0.05) is 29.8 Å². The molecule has 2 aromatic rings. The van der Waals surface area contributed by atoms with Crippen LogP contribution in [0.3, 0.4) is 0 Å². The van der Waals surface area contributed by atoms with Crippen LogP contribution in [-0.2, 0) is 30.8 Å². The van der Waals surface area contributed by atoms with Crippen LogP contribution >= 0.6 is 11.6 Å². The van der Waals surface area contributed by atoms with Gasteiger partial charge in [-0.2, -0.15) is 5.10 Å². The van der Waals surface area contributed by atoms with E-state index in [0.29, 0.717) is 6.42 Å². The Hall–Kier alpha value is -1.85. The molecule has 1 aromatic carbocycles. The molecule has 0 radical (unpaired) electrons. The van der Waals surface area contributed by atoms with E-state index in [4.69, 9.17) is 16.7 Å². The molecule has 0 spiro atoms. The molecule has 1 aromatic heterocycles. The molecule has 0 unspecified atom stereocenters. The zero-order valence-corrected chi connectivity index (χ0v) is 13.0. The second kappa shape index (κ2) is 6.50. The average Bonchev–Trinajstić information content (AvgIpc) is 2.90. The molecule has 1 aliphatic heterocycles. The van der Waals surface area contributed by atoms with Gasteiger partial charge in [0.2, 0.25) is 0 Å². The molecule has 2 heterocycles. The van der Waals surface area contributed by atoms with Gasteiger partial charge in [0.05, 0.1) is 24.4 Å². The molecule has 0 bridgehead atoms. The molecule has 0 amide bonds. The molecule has 0 saturated heterocycles. The number of carboxylic acids is 1. The highest BCUT2D eigenvalue weighted by atomic mass is 35.5. The third-order valence-corrected chi connectivity index (χ3v) is 4.24. The smallest absolute Gasteiger partial charge is 0.303 e. The lowest BCUT2D eigenvalue weighted by Crippen LogP contribution is -2.33. The first-order valence-electron chi connectivity index (χ1n) is 7.35. The third kappa shape index (κ3) is 3.48. The second-order valence-corrected chi connectivity index (χ2v) is 5.95. The number of benzene rings is 1. The first-order chi connectivity index (χ1) is 10.6. The van der Waals surface area contributed by atoms with Crippen molar-refractivity contribution in [1.29, 1.82) is 0 Å². The van der Waals surface area contributed by atoms with Crippen LogP contribution in [0.4, 0.5) is 0 Å². The molecule has 116 valence electrons. The van der Waals surface area contributed by atoms with Crippen molar-refractivity contribution < 1.29 is 9.90 Å². The van der Waals surface area contributed by atoms with Crippen LogP contribution in [0, 0.1) is 0 Å². The molecule has 0 atom stereocenters. The number of rotatable bonds is 5. The number of aliphatic carboxylic acids is 1. The van der Waals surface area contributed by atoms with E-state index in [-0.39, 0.29) is 6.42 Å². The van der Waals surface area contributed by atoms with Crippen LogP contribution in [0.5, 0.6) is 0 Å². The lowest BCUT2D eigenvalue weighted by molar-refractivity contribution is -0.136. The van der Waals surface area contributed by atoms with Gasteiger partial charge in [-0.25, -0.2) is 0 Å². The van der Waals surface area contributed by atoms with Crippen LogP contribution < -0.4 is 0 Å². The number of aryl methyl sites for hydroxylation is 1. The SMILES string of the molecule is O=C(O)CCc1cc2n(n1)CCN(Cc1ccccc1Cl)C2. The van der Waals surface area contributed by atoms with Gasteiger partial charge in [0.15, 0.2) is 0 Å². The monoisotopic (exact) mass is 319 g/mol. The van der Waals surface area contributed by atoms with E-state index < -0.39 is 5.97 Å². The Kier molecular flexibility index (Phi) is 4.45. The van der Waals surface area contributed by atoms with Gasteiger partial charge in [0.25, 0.3) is 0 Å². The minimum Gasteiger partial charge on any atom is -0.481 e. The highest BCUT2D eigenvalue weighted by molar-refractivity contribution is 6.31. The van der Waals surface area contributed by atoms with Crippen molar-refractivity contribution in [1.82, 2.24) is 14.7 Å². The van der Waals surface area contributed by atoms with Gasteiger partial charge in [-0.3, -0.25) is 14.4 Å². The van der Waals surface area contributed by atoms with E-state index in [0.717, 1.165) is 48.2 Å². The molecule has 22 heavy (non-hydrogen) atoms. The molecule has 1 N–H and O–H groups in total. The van der Waals surface area contributed by atoms with Crippen LogP contribution in [0.2, 0.25) is 5.02 Å². The molecule has 1 aliphatic rings. The minimum atomic E-state index is -0.786. The van der Waals surface area contributed by atoms with E-state index >= 15 is 0 Å². The topological polar surface area (TPSA) is 58.4 Å². The minimum absolute atomic E-state index is 0.125. The number of nitrogens with zero attached hydrogens (tertiary/aromatic N) is 3. The summed E-state index contributed by atoms with van der Waals surface area (Å²) in [6.45, 7) is 3.37. The summed E-state index contributed by atoms with van der Waals surface area (Å²) in [5.41, 5.74) is 3.12. The Balaban J connectivity index is 1.66. The molecule has 3 rings (SSSR count). The van der Waals surface area contributed by atoms with E-state index in [1.807, 2.05) is 35.0 Å². The fourth-order valence-electron chi connectivity index (χ4n) is 2.74. The lowest BCUT2D eigenvalue weighted by Gasteiger charge is -2.27. The van der Waals surface area contributed by atoms with Crippen LogP contribution in [-0.4, -0.2) is 32.3 Å². The van der Waals surface area contributed by atoms with Crippen molar-refractivity contribution in [2.75, 3.05) is 6.54 Å². The predicted octanol–water partition coefficient (Wildman–Crippen LogP) is 2.57. The summed E-state index contributed by atoms with van der Waals surface area (Å²) >= 11 is 6.22. The van der Waals surface area contributed by atoms with Gasteiger partial charge in [0, 0.05) is 31.1 Å². The summed E-state index contributed by atoms with van der Waals surface area (Å²) in [4.78, 5) is 13.0.